The van der Waals surface area contributed by atoms with Crippen LogP contribution in [0.5, 0.6) is 0 Å². The molecule has 0 aliphatic carbocycles. The average Bonchev–Trinajstić information content (AvgIpc) is 2.85. The fraction of sp³-hybridized carbons (Fsp3) is 0.667. The molecule has 0 aromatic carbocycles. The molecule has 3 rings (SSSR count). The standard InChI is InChI=1S/C12H17N3O2/c1-8-5-13-12(17-8)11(16)14-10-4-9-2-3-15(6-9)7-10/h5,9-10H,2-4,6-7H2,1H3,(H,14,16)/t9-,10-/m1/s1. The second kappa shape index (κ2) is 4.14. The lowest BCUT2D eigenvalue weighted by atomic mass is 9.97. The van der Waals surface area contributed by atoms with E-state index >= 15 is 0 Å². The zero-order valence-electron chi connectivity index (χ0n) is 9.98. The molecule has 1 aromatic rings. The largest absolute Gasteiger partial charge is 0.438 e. The first kappa shape index (κ1) is 10.8. The maximum atomic E-state index is 11.9. The van der Waals surface area contributed by atoms with E-state index in [2.05, 4.69) is 15.2 Å². The number of carbonyl (C=O) groups is 1. The lowest BCUT2D eigenvalue weighted by Gasteiger charge is -2.30. The number of rotatable bonds is 2. The van der Waals surface area contributed by atoms with Crippen molar-refractivity contribution in [1.29, 1.82) is 0 Å². The van der Waals surface area contributed by atoms with E-state index < -0.39 is 0 Å². The minimum absolute atomic E-state index is 0.176. The van der Waals surface area contributed by atoms with E-state index in [4.69, 9.17) is 4.42 Å². The molecular weight excluding hydrogens is 218 g/mol. The molecule has 5 heteroatoms. The van der Waals surface area contributed by atoms with Crippen molar-refractivity contribution in [2.75, 3.05) is 19.6 Å². The predicted octanol–water partition coefficient (Wildman–Crippen LogP) is 0.807. The van der Waals surface area contributed by atoms with Gasteiger partial charge in [0.25, 0.3) is 5.89 Å². The van der Waals surface area contributed by atoms with Gasteiger partial charge in [-0.25, -0.2) is 4.98 Å². The summed E-state index contributed by atoms with van der Waals surface area (Å²) in [6.45, 7) is 5.12. The van der Waals surface area contributed by atoms with Gasteiger partial charge in [-0.2, -0.15) is 0 Å². The van der Waals surface area contributed by atoms with Crippen LogP contribution in [0.1, 0.15) is 29.3 Å². The minimum Gasteiger partial charge on any atom is -0.438 e. The molecule has 2 saturated heterocycles. The highest BCUT2D eigenvalue weighted by atomic mass is 16.4. The lowest BCUT2D eigenvalue weighted by Crippen LogP contribution is -2.47. The summed E-state index contributed by atoms with van der Waals surface area (Å²) in [6.07, 6.45) is 3.93. The average molecular weight is 235 g/mol. The van der Waals surface area contributed by atoms with Crippen LogP contribution in [0.4, 0.5) is 0 Å². The maximum absolute atomic E-state index is 11.9. The summed E-state index contributed by atoms with van der Waals surface area (Å²) in [7, 11) is 0. The molecule has 1 aromatic heterocycles. The smallest absolute Gasteiger partial charge is 0.307 e. The third-order valence-electron chi connectivity index (χ3n) is 3.62. The van der Waals surface area contributed by atoms with Gasteiger partial charge in [0.05, 0.1) is 6.20 Å². The van der Waals surface area contributed by atoms with Gasteiger partial charge in [-0.15, -0.1) is 0 Å². The van der Waals surface area contributed by atoms with Crippen molar-refractivity contribution in [3.05, 3.63) is 17.8 Å². The van der Waals surface area contributed by atoms with E-state index in [-0.39, 0.29) is 17.8 Å². The Morgan fingerprint density at radius 2 is 2.47 bits per heavy atom. The molecule has 1 amide bonds. The van der Waals surface area contributed by atoms with E-state index in [1.54, 1.807) is 13.1 Å². The van der Waals surface area contributed by atoms with E-state index in [9.17, 15) is 4.79 Å². The van der Waals surface area contributed by atoms with Crippen molar-refractivity contribution in [1.82, 2.24) is 15.2 Å². The number of fused-ring (bicyclic) bond motifs is 2. The third kappa shape index (κ3) is 2.20. The fourth-order valence-corrected chi connectivity index (χ4v) is 2.87. The highest BCUT2D eigenvalue weighted by Gasteiger charge is 2.33. The molecule has 3 heterocycles. The summed E-state index contributed by atoms with van der Waals surface area (Å²) in [5.41, 5.74) is 0. The first-order valence-corrected chi connectivity index (χ1v) is 6.16. The summed E-state index contributed by atoms with van der Waals surface area (Å²) < 4.78 is 5.22. The van der Waals surface area contributed by atoms with Crippen molar-refractivity contribution in [3.63, 3.8) is 0 Å². The second-order valence-corrected chi connectivity index (χ2v) is 5.10. The SMILES string of the molecule is Cc1cnc(C(=O)N[C@@H]2C[C@H]3CCN(C3)C2)o1. The summed E-state index contributed by atoms with van der Waals surface area (Å²) in [6, 6.07) is 0.246. The van der Waals surface area contributed by atoms with Gasteiger partial charge in [0, 0.05) is 19.1 Å². The number of piperidine rings is 1. The topological polar surface area (TPSA) is 58.4 Å². The summed E-state index contributed by atoms with van der Waals surface area (Å²) in [4.78, 5) is 18.2. The molecule has 1 unspecified atom stereocenters. The van der Waals surface area contributed by atoms with Gasteiger partial charge in [-0.1, -0.05) is 0 Å². The quantitative estimate of drug-likeness (QED) is 0.824. The van der Waals surface area contributed by atoms with E-state index in [0.717, 1.165) is 18.9 Å². The van der Waals surface area contributed by atoms with E-state index in [1.807, 2.05) is 0 Å². The van der Waals surface area contributed by atoms with Crippen molar-refractivity contribution in [3.8, 4) is 0 Å². The predicted molar refractivity (Wildman–Crippen MR) is 61.7 cm³/mol. The molecule has 5 nitrogen and oxygen atoms in total. The van der Waals surface area contributed by atoms with Gasteiger partial charge >= 0.3 is 5.91 Å². The molecule has 2 aliphatic rings. The van der Waals surface area contributed by atoms with Crippen LogP contribution in [0.15, 0.2) is 10.6 Å². The molecule has 1 N–H and O–H groups in total. The van der Waals surface area contributed by atoms with Crippen LogP contribution in [0, 0.1) is 12.8 Å². The van der Waals surface area contributed by atoms with Crippen molar-refractivity contribution in [2.45, 2.75) is 25.8 Å². The number of amides is 1. The molecule has 2 bridgehead atoms. The monoisotopic (exact) mass is 235 g/mol. The highest BCUT2D eigenvalue weighted by Crippen LogP contribution is 2.26. The van der Waals surface area contributed by atoms with Crippen molar-refractivity contribution < 1.29 is 9.21 Å². The Labute approximate surface area is 100 Å². The van der Waals surface area contributed by atoms with Crippen LogP contribution in [-0.2, 0) is 0 Å². The maximum Gasteiger partial charge on any atom is 0.307 e. The first-order valence-electron chi connectivity index (χ1n) is 6.16. The molecule has 0 saturated carbocycles. The fourth-order valence-electron chi connectivity index (χ4n) is 2.87. The number of nitrogens with zero attached hydrogens (tertiary/aromatic N) is 2. The minimum atomic E-state index is -0.189. The Hall–Kier alpha value is -1.36. The van der Waals surface area contributed by atoms with Crippen LogP contribution < -0.4 is 5.32 Å². The Balaban J connectivity index is 1.62. The number of nitrogens with one attached hydrogen (secondary N) is 1. The Morgan fingerprint density at radius 1 is 1.59 bits per heavy atom. The highest BCUT2D eigenvalue weighted by molar-refractivity contribution is 5.89. The number of carbonyl (C=O) groups excluding carboxylic acids is 1. The van der Waals surface area contributed by atoms with E-state index in [1.165, 1.54) is 19.5 Å². The zero-order chi connectivity index (χ0) is 11.8. The molecule has 92 valence electrons. The lowest BCUT2D eigenvalue weighted by molar-refractivity contribution is 0.0873. The molecule has 0 spiro atoms. The Bertz CT molecular complexity index is 417. The molecule has 3 atom stereocenters. The molecular formula is C12H17N3O2. The molecule has 17 heavy (non-hydrogen) atoms. The summed E-state index contributed by atoms with van der Waals surface area (Å²) >= 11 is 0. The summed E-state index contributed by atoms with van der Waals surface area (Å²) in [5.74, 6) is 1.41. The van der Waals surface area contributed by atoms with Gasteiger partial charge < -0.3 is 14.6 Å². The number of aryl methyl sites for hydroxylation is 1. The van der Waals surface area contributed by atoms with Gasteiger partial charge in [0.2, 0.25) is 0 Å². The number of oxazole rings is 1. The van der Waals surface area contributed by atoms with Crippen LogP contribution in [0.3, 0.4) is 0 Å². The van der Waals surface area contributed by atoms with Gasteiger partial charge in [-0.3, -0.25) is 4.79 Å². The van der Waals surface area contributed by atoms with Crippen molar-refractivity contribution >= 4 is 5.91 Å². The van der Waals surface area contributed by atoms with Crippen molar-refractivity contribution in [2.24, 2.45) is 5.92 Å². The Morgan fingerprint density at radius 3 is 3.18 bits per heavy atom. The van der Waals surface area contributed by atoms with E-state index in [0.29, 0.717) is 5.76 Å². The number of hydrogen-bond acceptors (Lipinski definition) is 4. The Kier molecular flexibility index (Phi) is 2.63. The number of aromatic nitrogens is 1. The zero-order valence-corrected chi connectivity index (χ0v) is 9.98. The van der Waals surface area contributed by atoms with Crippen LogP contribution in [0.2, 0.25) is 0 Å². The normalized spacial score (nSPS) is 31.5. The summed E-state index contributed by atoms with van der Waals surface area (Å²) in [5, 5.41) is 3.01. The molecule has 0 radical (unpaired) electrons. The van der Waals surface area contributed by atoms with Gasteiger partial charge in [0.15, 0.2) is 0 Å². The molecule has 2 fully saturated rings. The first-order chi connectivity index (χ1) is 8.20. The molecule has 2 aliphatic heterocycles. The van der Waals surface area contributed by atoms with Gasteiger partial charge in [-0.05, 0) is 32.2 Å². The van der Waals surface area contributed by atoms with Gasteiger partial charge in [0.1, 0.15) is 5.76 Å². The van der Waals surface area contributed by atoms with Crippen LogP contribution >= 0.6 is 0 Å². The second-order valence-electron chi connectivity index (χ2n) is 5.10. The number of hydrogen-bond donors (Lipinski definition) is 1. The van der Waals surface area contributed by atoms with Crippen LogP contribution in [-0.4, -0.2) is 41.5 Å². The third-order valence-corrected chi connectivity index (χ3v) is 3.62. The van der Waals surface area contributed by atoms with Crippen LogP contribution in [0.25, 0.3) is 0 Å².